The second-order valence-electron chi connectivity index (χ2n) is 6.18. The van der Waals surface area contributed by atoms with Crippen LogP contribution in [0.4, 0.5) is 5.82 Å². The zero-order chi connectivity index (χ0) is 16.9. The molecule has 2 heterocycles. The van der Waals surface area contributed by atoms with E-state index in [1.165, 1.54) is 7.11 Å². The minimum absolute atomic E-state index is 0.120. The zero-order valence-corrected chi connectivity index (χ0v) is 14.0. The first-order chi connectivity index (χ1) is 10.9. The summed E-state index contributed by atoms with van der Waals surface area (Å²) in [7, 11) is 1.38. The van der Waals surface area contributed by atoms with Crippen molar-refractivity contribution in [3.8, 4) is 11.5 Å². The third-order valence-electron chi connectivity index (χ3n) is 3.25. The van der Waals surface area contributed by atoms with E-state index in [1.807, 2.05) is 24.3 Å². The van der Waals surface area contributed by atoms with Crippen LogP contribution in [0.25, 0.3) is 11.5 Å². The molecule has 0 aromatic carbocycles. The van der Waals surface area contributed by atoms with Gasteiger partial charge >= 0.3 is 5.97 Å². The van der Waals surface area contributed by atoms with Crippen LogP contribution in [0.2, 0.25) is 0 Å². The first-order valence-corrected chi connectivity index (χ1v) is 7.52. The van der Waals surface area contributed by atoms with Crippen LogP contribution in [0.5, 0.6) is 0 Å². The highest BCUT2D eigenvalue weighted by Crippen LogP contribution is 2.25. The maximum absolute atomic E-state index is 11.2. The molecule has 0 aliphatic carbocycles. The van der Waals surface area contributed by atoms with E-state index < -0.39 is 0 Å². The number of ether oxygens (including phenoxy) is 1. The molecule has 0 amide bonds. The molecule has 0 bridgehead atoms. The smallest absolute Gasteiger partial charge is 0.307 e. The van der Waals surface area contributed by atoms with Gasteiger partial charge in [0.2, 0.25) is 0 Å². The van der Waals surface area contributed by atoms with Crippen molar-refractivity contribution in [3.63, 3.8) is 0 Å². The Morgan fingerprint density at radius 2 is 2.04 bits per heavy atom. The zero-order valence-electron chi connectivity index (χ0n) is 14.0. The molecule has 6 nitrogen and oxygen atoms in total. The molecule has 0 saturated heterocycles. The number of methoxy groups -OCH3 is 1. The summed E-state index contributed by atoms with van der Waals surface area (Å²) in [6.07, 6.45) is 2.00. The molecule has 0 unspecified atom stereocenters. The predicted molar refractivity (Wildman–Crippen MR) is 89.1 cm³/mol. The van der Waals surface area contributed by atoms with Gasteiger partial charge in [-0.05, 0) is 12.1 Å². The number of anilines is 1. The number of pyridine rings is 1. The number of carbonyl (C=O) groups excluding carboxylic acids is 1. The van der Waals surface area contributed by atoms with Gasteiger partial charge in [0.25, 0.3) is 0 Å². The monoisotopic (exact) mass is 314 g/mol. The number of rotatable bonds is 5. The molecule has 2 aromatic rings. The quantitative estimate of drug-likeness (QED) is 0.855. The summed E-state index contributed by atoms with van der Waals surface area (Å²) in [5.74, 6) is 0.987. The number of hydrogen-bond acceptors (Lipinski definition) is 6. The lowest BCUT2D eigenvalue weighted by atomic mass is 9.92. The Morgan fingerprint density at radius 1 is 1.26 bits per heavy atom. The number of nitrogens with zero attached hydrogens (tertiary/aromatic N) is 3. The van der Waals surface area contributed by atoms with E-state index in [0.29, 0.717) is 18.2 Å². The van der Waals surface area contributed by atoms with Gasteiger partial charge in [-0.1, -0.05) is 26.8 Å². The lowest BCUT2D eigenvalue weighted by Crippen LogP contribution is -2.17. The SMILES string of the molecule is COC(=O)CCNc1cc(C(C)(C)C)nc(-c2ccccn2)n1. The van der Waals surface area contributed by atoms with E-state index in [2.05, 4.69) is 45.8 Å². The normalized spacial score (nSPS) is 11.1. The molecule has 2 rings (SSSR count). The third-order valence-corrected chi connectivity index (χ3v) is 3.25. The molecule has 0 radical (unpaired) electrons. The molecule has 6 heteroatoms. The largest absolute Gasteiger partial charge is 0.469 e. The van der Waals surface area contributed by atoms with E-state index in [-0.39, 0.29) is 17.8 Å². The minimum Gasteiger partial charge on any atom is -0.469 e. The van der Waals surface area contributed by atoms with Gasteiger partial charge in [0, 0.05) is 24.2 Å². The predicted octanol–water partition coefficient (Wildman–Crippen LogP) is 2.81. The van der Waals surface area contributed by atoms with Gasteiger partial charge in [-0.3, -0.25) is 9.78 Å². The highest BCUT2D eigenvalue weighted by atomic mass is 16.5. The fourth-order valence-electron chi connectivity index (χ4n) is 1.93. The summed E-state index contributed by atoms with van der Waals surface area (Å²) in [5.41, 5.74) is 1.51. The summed E-state index contributed by atoms with van der Waals surface area (Å²) in [4.78, 5) is 24.7. The molecule has 0 aliphatic heterocycles. The Morgan fingerprint density at radius 3 is 2.65 bits per heavy atom. The minimum atomic E-state index is -0.257. The number of carbonyl (C=O) groups is 1. The van der Waals surface area contributed by atoms with Crippen LogP contribution in [0, 0.1) is 0 Å². The second-order valence-corrected chi connectivity index (χ2v) is 6.18. The summed E-state index contributed by atoms with van der Waals surface area (Å²) in [6.45, 7) is 6.73. The Kier molecular flexibility index (Phi) is 5.26. The molecular formula is C17H22N4O2. The molecule has 0 fully saturated rings. The first-order valence-electron chi connectivity index (χ1n) is 7.52. The van der Waals surface area contributed by atoms with Crippen molar-refractivity contribution in [1.29, 1.82) is 0 Å². The average molecular weight is 314 g/mol. The van der Waals surface area contributed by atoms with Crippen LogP contribution in [0.1, 0.15) is 32.9 Å². The first kappa shape index (κ1) is 16.9. The Bertz CT molecular complexity index is 666. The molecule has 2 aromatic heterocycles. The molecular weight excluding hydrogens is 292 g/mol. The van der Waals surface area contributed by atoms with E-state index in [1.54, 1.807) is 6.20 Å². The fourth-order valence-corrected chi connectivity index (χ4v) is 1.93. The van der Waals surface area contributed by atoms with E-state index in [9.17, 15) is 4.79 Å². The van der Waals surface area contributed by atoms with Crippen molar-refractivity contribution < 1.29 is 9.53 Å². The van der Waals surface area contributed by atoms with E-state index in [0.717, 1.165) is 11.4 Å². The number of hydrogen-bond donors (Lipinski definition) is 1. The number of aromatic nitrogens is 3. The average Bonchev–Trinajstić information content (AvgIpc) is 2.54. The second kappa shape index (κ2) is 7.17. The van der Waals surface area contributed by atoms with Crippen LogP contribution in [-0.4, -0.2) is 34.6 Å². The maximum Gasteiger partial charge on any atom is 0.307 e. The van der Waals surface area contributed by atoms with Gasteiger partial charge in [-0.2, -0.15) is 0 Å². The van der Waals surface area contributed by atoms with E-state index >= 15 is 0 Å². The third kappa shape index (κ3) is 4.74. The van der Waals surface area contributed by atoms with E-state index in [4.69, 9.17) is 0 Å². The van der Waals surface area contributed by atoms with Crippen molar-refractivity contribution in [3.05, 3.63) is 36.2 Å². The summed E-state index contributed by atoms with van der Waals surface area (Å²) in [5, 5.41) is 3.15. The summed E-state index contributed by atoms with van der Waals surface area (Å²) >= 11 is 0. The molecule has 23 heavy (non-hydrogen) atoms. The van der Waals surface area contributed by atoms with Crippen LogP contribution < -0.4 is 5.32 Å². The molecule has 0 saturated carbocycles. The standard InChI is InChI=1S/C17H22N4O2/c1-17(2,3)13-11-14(19-10-8-15(22)23-4)21-16(20-13)12-7-5-6-9-18-12/h5-7,9,11H,8,10H2,1-4H3,(H,19,20,21). The topological polar surface area (TPSA) is 77.0 Å². The van der Waals surface area contributed by atoms with Crippen LogP contribution >= 0.6 is 0 Å². The van der Waals surface area contributed by atoms with Crippen LogP contribution in [0.3, 0.4) is 0 Å². The lowest BCUT2D eigenvalue weighted by Gasteiger charge is -2.19. The Balaban J connectivity index is 2.29. The highest BCUT2D eigenvalue weighted by molar-refractivity contribution is 5.69. The van der Waals surface area contributed by atoms with Crippen molar-refractivity contribution >= 4 is 11.8 Å². The highest BCUT2D eigenvalue weighted by Gasteiger charge is 2.19. The molecule has 122 valence electrons. The molecule has 1 N–H and O–H groups in total. The Labute approximate surface area is 136 Å². The lowest BCUT2D eigenvalue weighted by molar-refractivity contribution is -0.140. The van der Waals surface area contributed by atoms with Gasteiger partial charge in [-0.15, -0.1) is 0 Å². The fraction of sp³-hybridized carbons (Fsp3) is 0.412. The van der Waals surface area contributed by atoms with Crippen LogP contribution in [0.15, 0.2) is 30.5 Å². The van der Waals surface area contributed by atoms with Crippen molar-refractivity contribution in [1.82, 2.24) is 15.0 Å². The van der Waals surface area contributed by atoms with Gasteiger partial charge < -0.3 is 10.1 Å². The maximum atomic E-state index is 11.2. The van der Waals surface area contributed by atoms with Crippen molar-refractivity contribution in [2.75, 3.05) is 19.0 Å². The molecule has 0 spiro atoms. The molecule has 0 aliphatic rings. The number of esters is 1. The van der Waals surface area contributed by atoms with Crippen LogP contribution in [-0.2, 0) is 14.9 Å². The van der Waals surface area contributed by atoms with Crippen molar-refractivity contribution in [2.24, 2.45) is 0 Å². The number of nitrogens with one attached hydrogen (secondary N) is 1. The van der Waals surface area contributed by atoms with Gasteiger partial charge in [0.05, 0.1) is 19.2 Å². The van der Waals surface area contributed by atoms with Crippen molar-refractivity contribution in [2.45, 2.75) is 32.6 Å². The Hall–Kier alpha value is -2.50. The summed E-state index contributed by atoms with van der Waals surface area (Å²) < 4.78 is 4.64. The van der Waals surface area contributed by atoms with Gasteiger partial charge in [0.15, 0.2) is 5.82 Å². The summed E-state index contributed by atoms with van der Waals surface area (Å²) in [6, 6.07) is 7.54. The molecule has 0 atom stereocenters. The van der Waals surface area contributed by atoms with Gasteiger partial charge in [0.1, 0.15) is 11.5 Å². The van der Waals surface area contributed by atoms with Gasteiger partial charge in [-0.25, -0.2) is 9.97 Å².